The Morgan fingerprint density at radius 1 is 1.10 bits per heavy atom. The summed E-state index contributed by atoms with van der Waals surface area (Å²) in [5.41, 5.74) is 2.96. The zero-order chi connectivity index (χ0) is 21.3. The van der Waals surface area contributed by atoms with Crippen LogP contribution in [0, 0.1) is 0 Å². The molecule has 31 heavy (non-hydrogen) atoms. The molecule has 3 N–H and O–H groups in total. The number of aliphatic imine (C=N–C) groups is 1. The molecule has 0 bridgehead atoms. The number of benzene rings is 2. The first-order valence-corrected chi connectivity index (χ1v) is 10.5. The van der Waals surface area contributed by atoms with Crippen molar-refractivity contribution in [3.05, 3.63) is 87.9 Å². The maximum absolute atomic E-state index is 10.4. The molecule has 0 aliphatic rings. The van der Waals surface area contributed by atoms with Crippen LogP contribution in [0.15, 0.2) is 66.2 Å². The fraction of sp³-hybridized carbons (Fsp3) is 0.273. The van der Waals surface area contributed by atoms with Crippen LogP contribution in [-0.4, -0.2) is 33.7 Å². The van der Waals surface area contributed by atoms with Gasteiger partial charge in [-0.25, -0.2) is 9.98 Å². The number of aliphatic hydroxyl groups is 1. The first-order valence-electron chi connectivity index (χ1n) is 9.73. The molecular weight excluding hydrogens is 548 g/mol. The Hall–Kier alpha value is -1.81. The number of rotatable bonds is 8. The van der Waals surface area contributed by atoms with E-state index in [2.05, 4.69) is 44.9 Å². The van der Waals surface area contributed by atoms with Gasteiger partial charge >= 0.3 is 0 Å². The molecule has 1 unspecified atom stereocenters. The van der Waals surface area contributed by atoms with Crippen LogP contribution in [0.4, 0.5) is 0 Å². The summed E-state index contributed by atoms with van der Waals surface area (Å²) in [6, 6.07) is 13.4. The molecule has 0 spiro atoms. The van der Waals surface area contributed by atoms with Crippen molar-refractivity contribution in [2.45, 2.75) is 26.1 Å². The van der Waals surface area contributed by atoms with Crippen molar-refractivity contribution in [1.29, 1.82) is 0 Å². The lowest BCUT2D eigenvalue weighted by Gasteiger charge is -2.16. The summed E-state index contributed by atoms with van der Waals surface area (Å²) in [4.78, 5) is 8.67. The molecule has 0 radical (unpaired) electrons. The van der Waals surface area contributed by atoms with E-state index in [1.807, 2.05) is 17.7 Å². The molecule has 1 atom stereocenters. The molecule has 6 nitrogen and oxygen atoms in total. The van der Waals surface area contributed by atoms with Crippen LogP contribution in [0.5, 0.6) is 0 Å². The number of hydrogen-bond donors (Lipinski definition) is 3. The fourth-order valence-corrected chi connectivity index (χ4v) is 3.47. The minimum atomic E-state index is -0.757. The largest absolute Gasteiger partial charge is 0.387 e. The quantitative estimate of drug-likeness (QED) is 0.208. The van der Waals surface area contributed by atoms with Gasteiger partial charge in [-0.1, -0.05) is 47.5 Å². The van der Waals surface area contributed by atoms with E-state index in [-0.39, 0.29) is 30.5 Å². The van der Waals surface area contributed by atoms with E-state index < -0.39 is 6.10 Å². The van der Waals surface area contributed by atoms with Crippen molar-refractivity contribution >= 4 is 53.1 Å². The summed E-state index contributed by atoms with van der Waals surface area (Å²) in [7, 11) is 0. The highest BCUT2D eigenvalue weighted by atomic mass is 127. The van der Waals surface area contributed by atoms with Crippen LogP contribution < -0.4 is 10.6 Å². The lowest BCUT2D eigenvalue weighted by molar-refractivity contribution is 0.181. The van der Waals surface area contributed by atoms with E-state index in [4.69, 9.17) is 23.2 Å². The van der Waals surface area contributed by atoms with Crippen molar-refractivity contribution in [2.24, 2.45) is 4.99 Å². The Labute approximate surface area is 209 Å². The SMILES string of the molecule is CCNC(=NCc1ccc(Cn2ccnc2)cc1)NCC(O)c1cc(Cl)cc(Cl)c1.I. The van der Waals surface area contributed by atoms with Crippen LogP contribution in [0.25, 0.3) is 0 Å². The summed E-state index contributed by atoms with van der Waals surface area (Å²) >= 11 is 12.0. The minimum Gasteiger partial charge on any atom is -0.387 e. The van der Waals surface area contributed by atoms with Crippen molar-refractivity contribution in [2.75, 3.05) is 13.1 Å². The Kier molecular flexibility index (Phi) is 10.6. The van der Waals surface area contributed by atoms with E-state index in [1.54, 1.807) is 30.7 Å². The fourth-order valence-electron chi connectivity index (χ4n) is 2.93. The van der Waals surface area contributed by atoms with Crippen LogP contribution in [0.1, 0.15) is 29.7 Å². The molecule has 2 aromatic carbocycles. The average Bonchev–Trinajstić information content (AvgIpc) is 3.23. The third-order valence-electron chi connectivity index (χ3n) is 4.44. The summed E-state index contributed by atoms with van der Waals surface area (Å²) in [6.07, 6.45) is 4.76. The van der Waals surface area contributed by atoms with Gasteiger partial charge < -0.3 is 20.3 Å². The summed E-state index contributed by atoms with van der Waals surface area (Å²) in [5, 5.41) is 17.8. The average molecular weight is 574 g/mol. The predicted molar refractivity (Wildman–Crippen MR) is 137 cm³/mol. The first-order chi connectivity index (χ1) is 14.5. The molecule has 0 saturated carbocycles. The van der Waals surface area contributed by atoms with Gasteiger partial charge in [-0.15, -0.1) is 24.0 Å². The highest BCUT2D eigenvalue weighted by Gasteiger charge is 2.10. The van der Waals surface area contributed by atoms with Crippen LogP contribution >= 0.6 is 47.2 Å². The van der Waals surface area contributed by atoms with Crippen LogP contribution in [-0.2, 0) is 13.1 Å². The number of imidazole rings is 1. The second kappa shape index (κ2) is 12.9. The molecule has 1 heterocycles. The van der Waals surface area contributed by atoms with Gasteiger partial charge in [0.25, 0.3) is 0 Å². The van der Waals surface area contributed by atoms with Crippen molar-refractivity contribution in [1.82, 2.24) is 20.2 Å². The van der Waals surface area contributed by atoms with E-state index in [0.717, 1.165) is 18.7 Å². The number of nitrogens with one attached hydrogen (secondary N) is 2. The summed E-state index contributed by atoms with van der Waals surface area (Å²) in [5.74, 6) is 0.632. The lowest BCUT2D eigenvalue weighted by Crippen LogP contribution is -2.39. The molecule has 0 aliphatic carbocycles. The van der Waals surface area contributed by atoms with E-state index >= 15 is 0 Å². The second-order valence-electron chi connectivity index (χ2n) is 6.85. The zero-order valence-corrected chi connectivity index (χ0v) is 21.0. The third kappa shape index (κ3) is 8.33. The Balaban J connectivity index is 0.00000341. The molecule has 9 heteroatoms. The van der Waals surface area contributed by atoms with Crippen molar-refractivity contribution in [3.8, 4) is 0 Å². The molecule has 0 saturated heterocycles. The van der Waals surface area contributed by atoms with E-state index in [9.17, 15) is 5.11 Å². The van der Waals surface area contributed by atoms with Crippen molar-refractivity contribution < 1.29 is 5.11 Å². The number of halogens is 3. The number of nitrogens with zero attached hydrogens (tertiary/aromatic N) is 3. The van der Waals surface area contributed by atoms with Crippen LogP contribution in [0.3, 0.4) is 0 Å². The molecule has 0 amide bonds. The molecule has 166 valence electrons. The number of guanidine groups is 1. The maximum atomic E-state index is 10.4. The van der Waals surface area contributed by atoms with Gasteiger partial charge in [0.05, 0.1) is 19.0 Å². The lowest BCUT2D eigenvalue weighted by atomic mass is 10.1. The first kappa shape index (κ1) is 25.5. The topological polar surface area (TPSA) is 74.5 Å². The highest BCUT2D eigenvalue weighted by molar-refractivity contribution is 14.0. The molecule has 1 aromatic heterocycles. The smallest absolute Gasteiger partial charge is 0.191 e. The molecule has 0 aliphatic heterocycles. The maximum Gasteiger partial charge on any atom is 0.191 e. The second-order valence-corrected chi connectivity index (χ2v) is 7.72. The van der Waals surface area contributed by atoms with Gasteiger partial charge in [-0.2, -0.15) is 0 Å². The van der Waals surface area contributed by atoms with Gasteiger partial charge in [0, 0.05) is 42.1 Å². The predicted octanol–water partition coefficient (Wildman–Crippen LogP) is 4.64. The molecule has 3 rings (SSSR count). The van der Waals surface area contributed by atoms with Crippen molar-refractivity contribution in [3.63, 3.8) is 0 Å². The molecule has 3 aromatic rings. The summed E-state index contributed by atoms with van der Waals surface area (Å²) in [6.45, 7) is 4.31. The monoisotopic (exact) mass is 573 g/mol. The minimum absolute atomic E-state index is 0. The normalized spacial score (nSPS) is 12.2. The Morgan fingerprint density at radius 3 is 2.39 bits per heavy atom. The highest BCUT2D eigenvalue weighted by Crippen LogP contribution is 2.23. The van der Waals surface area contributed by atoms with Crippen LogP contribution in [0.2, 0.25) is 10.0 Å². The van der Waals surface area contributed by atoms with Gasteiger partial charge in [0.15, 0.2) is 5.96 Å². The Bertz CT molecular complexity index is 944. The van der Waals surface area contributed by atoms with Gasteiger partial charge in [0.1, 0.15) is 0 Å². The van der Waals surface area contributed by atoms with Gasteiger partial charge in [-0.05, 0) is 41.8 Å². The van der Waals surface area contributed by atoms with E-state index in [1.165, 1.54) is 5.56 Å². The Morgan fingerprint density at radius 2 is 1.77 bits per heavy atom. The summed E-state index contributed by atoms with van der Waals surface area (Å²) < 4.78 is 2.03. The molecule has 0 fully saturated rings. The number of hydrogen-bond acceptors (Lipinski definition) is 3. The van der Waals surface area contributed by atoms with E-state index in [0.29, 0.717) is 28.1 Å². The third-order valence-corrected chi connectivity index (χ3v) is 4.88. The number of aliphatic hydroxyl groups excluding tert-OH is 1. The zero-order valence-electron chi connectivity index (χ0n) is 17.1. The molecular formula is C22H26Cl2IN5O. The standard InChI is InChI=1S/C22H25Cl2N5O.HI/c1-2-26-22(28-13-21(30)18-9-19(23)11-20(24)10-18)27-12-16-3-5-17(6-4-16)14-29-8-7-25-15-29;/h3-11,15,21,30H,2,12-14H2,1H3,(H2,26,27,28);1H. The van der Waals surface area contributed by atoms with Gasteiger partial charge in [0.2, 0.25) is 0 Å². The van der Waals surface area contributed by atoms with Gasteiger partial charge in [-0.3, -0.25) is 0 Å². The number of aromatic nitrogens is 2.